The van der Waals surface area contributed by atoms with Gasteiger partial charge in [0.15, 0.2) is 0 Å². The number of urea groups is 1. The van der Waals surface area contributed by atoms with Crippen molar-refractivity contribution in [2.75, 3.05) is 20.1 Å². The first-order chi connectivity index (χ1) is 8.54. The normalized spacial score (nSPS) is 13.2. The fourth-order valence-electron chi connectivity index (χ4n) is 1.34. The van der Waals surface area contributed by atoms with Crippen LogP contribution < -0.4 is 5.32 Å². The smallest absolute Gasteiger partial charge is 0.390 e. The molecule has 2 amide bonds. The molecule has 5 nitrogen and oxygen atoms in total. The SMILES string of the molecule is CC(C)C(CNC(=O)N(C)CCC(F)(F)F)C(=O)O. The van der Waals surface area contributed by atoms with Crippen LogP contribution in [-0.4, -0.2) is 48.3 Å². The molecule has 1 unspecified atom stereocenters. The van der Waals surface area contributed by atoms with E-state index in [0.29, 0.717) is 0 Å². The minimum atomic E-state index is -4.32. The number of aliphatic carboxylic acids is 1. The van der Waals surface area contributed by atoms with Crippen LogP contribution in [-0.2, 0) is 4.79 Å². The lowest BCUT2D eigenvalue weighted by Gasteiger charge is -2.21. The van der Waals surface area contributed by atoms with E-state index in [0.717, 1.165) is 4.90 Å². The van der Waals surface area contributed by atoms with Crippen molar-refractivity contribution >= 4 is 12.0 Å². The van der Waals surface area contributed by atoms with E-state index in [-0.39, 0.29) is 12.5 Å². The molecular formula is C11H19F3N2O3. The molecule has 0 aromatic heterocycles. The summed E-state index contributed by atoms with van der Waals surface area (Å²) < 4.78 is 35.9. The number of amides is 2. The molecule has 8 heteroatoms. The number of nitrogens with one attached hydrogen (secondary N) is 1. The van der Waals surface area contributed by atoms with Gasteiger partial charge in [0.1, 0.15) is 0 Å². The van der Waals surface area contributed by atoms with Gasteiger partial charge in [-0.1, -0.05) is 13.8 Å². The quantitative estimate of drug-likeness (QED) is 0.783. The molecule has 0 fully saturated rings. The van der Waals surface area contributed by atoms with E-state index in [1.165, 1.54) is 7.05 Å². The predicted octanol–water partition coefficient (Wildman–Crippen LogP) is 1.94. The summed E-state index contributed by atoms with van der Waals surface area (Å²) in [5, 5.41) is 11.2. The van der Waals surface area contributed by atoms with Crippen molar-refractivity contribution in [1.82, 2.24) is 10.2 Å². The second-order valence-corrected chi connectivity index (χ2v) is 4.66. The molecule has 0 aromatic carbocycles. The van der Waals surface area contributed by atoms with Crippen LogP contribution in [0.2, 0.25) is 0 Å². The number of carbonyl (C=O) groups excluding carboxylic acids is 1. The molecule has 0 bridgehead atoms. The first-order valence-electron chi connectivity index (χ1n) is 5.83. The molecule has 0 saturated heterocycles. The summed E-state index contributed by atoms with van der Waals surface area (Å²) in [5.74, 6) is -1.99. The van der Waals surface area contributed by atoms with Crippen molar-refractivity contribution in [2.45, 2.75) is 26.4 Å². The maximum Gasteiger partial charge on any atom is 0.390 e. The predicted molar refractivity (Wildman–Crippen MR) is 62.7 cm³/mol. The molecule has 0 aromatic rings. The van der Waals surface area contributed by atoms with Crippen molar-refractivity contribution in [1.29, 1.82) is 0 Å². The monoisotopic (exact) mass is 284 g/mol. The second-order valence-electron chi connectivity index (χ2n) is 4.66. The van der Waals surface area contributed by atoms with Crippen molar-refractivity contribution in [3.05, 3.63) is 0 Å². The van der Waals surface area contributed by atoms with Crippen LogP contribution in [0.3, 0.4) is 0 Å². The largest absolute Gasteiger partial charge is 0.481 e. The number of hydrogen-bond acceptors (Lipinski definition) is 2. The van der Waals surface area contributed by atoms with Crippen LogP contribution in [0.15, 0.2) is 0 Å². The maximum absolute atomic E-state index is 12.0. The first-order valence-corrected chi connectivity index (χ1v) is 5.83. The lowest BCUT2D eigenvalue weighted by molar-refractivity contribution is -0.143. The fraction of sp³-hybridized carbons (Fsp3) is 0.818. The first kappa shape index (κ1) is 17.5. The van der Waals surface area contributed by atoms with Crippen molar-refractivity contribution in [2.24, 2.45) is 11.8 Å². The van der Waals surface area contributed by atoms with Crippen LogP contribution in [0.25, 0.3) is 0 Å². The Kier molecular flexibility index (Phi) is 6.64. The number of alkyl halides is 3. The van der Waals surface area contributed by atoms with E-state index < -0.39 is 37.1 Å². The summed E-state index contributed by atoms with van der Waals surface area (Å²) in [7, 11) is 1.23. The summed E-state index contributed by atoms with van der Waals surface area (Å²) in [6.07, 6.45) is -5.42. The van der Waals surface area contributed by atoms with Crippen LogP contribution in [0.1, 0.15) is 20.3 Å². The van der Waals surface area contributed by atoms with Gasteiger partial charge in [-0.3, -0.25) is 4.79 Å². The van der Waals surface area contributed by atoms with Gasteiger partial charge in [0.2, 0.25) is 0 Å². The summed E-state index contributed by atoms with van der Waals surface area (Å²) in [4.78, 5) is 23.2. The summed E-state index contributed by atoms with van der Waals surface area (Å²) in [5.41, 5.74) is 0. The highest BCUT2D eigenvalue weighted by Gasteiger charge is 2.28. The van der Waals surface area contributed by atoms with E-state index in [2.05, 4.69) is 5.32 Å². The fourth-order valence-corrected chi connectivity index (χ4v) is 1.34. The minimum absolute atomic E-state index is 0.109. The number of carbonyl (C=O) groups is 2. The molecule has 1 atom stereocenters. The Morgan fingerprint density at radius 3 is 2.21 bits per heavy atom. The molecule has 0 rings (SSSR count). The molecule has 19 heavy (non-hydrogen) atoms. The topological polar surface area (TPSA) is 69.6 Å². The van der Waals surface area contributed by atoms with Crippen LogP contribution in [0.5, 0.6) is 0 Å². The van der Waals surface area contributed by atoms with E-state index in [1.54, 1.807) is 13.8 Å². The van der Waals surface area contributed by atoms with Crippen LogP contribution in [0, 0.1) is 11.8 Å². The minimum Gasteiger partial charge on any atom is -0.481 e. The molecule has 0 saturated carbocycles. The Labute approximate surface area is 109 Å². The molecular weight excluding hydrogens is 265 g/mol. The molecule has 112 valence electrons. The number of carboxylic acid groups (broad SMARTS) is 1. The van der Waals surface area contributed by atoms with Gasteiger partial charge < -0.3 is 15.3 Å². The summed E-state index contributed by atoms with van der Waals surface area (Å²) >= 11 is 0. The maximum atomic E-state index is 12.0. The zero-order valence-electron chi connectivity index (χ0n) is 11.1. The highest BCUT2D eigenvalue weighted by atomic mass is 19.4. The molecule has 0 aliphatic heterocycles. The Morgan fingerprint density at radius 2 is 1.84 bits per heavy atom. The third-order valence-corrected chi connectivity index (χ3v) is 2.67. The van der Waals surface area contributed by atoms with Crippen molar-refractivity contribution in [3.8, 4) is 0 Å². The molecule has 0 aliphatic rings. The number of hydrogen-bond donors (Lipinski definition) is 2. The van der Waals surface area contributed by atoms with Gasteiger partial charge >= 0.3 is 18.2 Å². The number of nitrogens with zero attached hydrogens (tertiary/aromatic N) is 1. The highest BCUT2D eigenvalue weighted by molar-refractivity contribution is 5.75. The van der Waals surface area contributed by atoms with Gasteiger partial charge in [-0.05, 0) is 5.92 Å². The Balaban J connectivity index is 4.19. The molecule has 2 N–H and O–H groups in total. The molecule has 0 radical (unpaired) electrons. The van der Waals surface area contributed by atoms with E-state index in [1.807, 2.05) is 0 Å². The molecule has 0 heterocycles. The number of rotatable bonds is 6. The Hall–Kier alpha value is -1.47. The van der Waals surface area contributed by atoms with Gasteiger partial charge in [0.25, 0.3) is 0 Å². The van der Waals surface area contributed by atoms with Gasteiger partial charge in [0.05, 0.1) is 12.3 Å². The van der Waals surface area contributed by atoms with Crippen molar-refractivity contribution < 1.29 is 27.9 Å². The van der Waals surface area contributed by atoms with Gasteiger partial charge in [-0.2, -0.15) is 13.2 Å². The molecule has 0 aliphatic carbocycles. The third-order valence-electron chi connectivity index (χ3n) is 2.67. The number of carboxylic acids is 1. The Morgan fingerprint density at radius 1 is 1.32 bits per heavy atom. The lowest BCUT2D eigenvalue weighted by Crippen LogP contribution is -2.43. The second kappa shape index (κ2) is 7.20. The zero-order valence-corrected chi connectivity index (χ0v) is 11.1. The third kappa shape index (κ3) is 7.53. The average molecular weight is 284 g/mol. The summed E-state index contributed by atoms with van der Waals surface area (Å²) in [6.45, 7) is 2.81. The zero-order chi connectivity index (χ0) is 15.2. The van der Waals surface area contributed by atoms with E-state index in [4.69, 9.17) is 5.11 Å². The summed E-state index contributed by atoms with van der Waals surface area (Å²) in [6, 6.07) is -0.712. The average Bonchev–Trinajstić information content (AvgIpc) is 2.23. The Bertz CT molecular complexity index is 319. The van der Waals surface area contributed by atoms with E-state index in [9.17, 15) is 22.8 Å². The standard InChI is InChI=1S/C11H19F3N2O3/c1-7(2)8(9(17)18)6-15-10(19)16(3)5-4-11(12,13)14/h7-8H,4-6H2,1-3H3,(H,15,19)(H,17,18). The van der Waals surface area contributed by atoms with Crippen molar-refractivity contribution in [3.63, 3.8) is 0 Å². The van der Waals surface area contributed by atoms with Gasteiger partial charge in [-0.15, -0.1) is 0 Å². The molecule has 0 spiro atoms. The van der Waals surface area contributed by atoms with Gasteiger partial charge in [0, 0.05) is 20.1 Å². The van der Waals surface area contributed by atoms with E-state index >= 15 is 0 Å². The van der Waals surface area contributed by atoms with Crippen LogP contribution >= 0.6 is 0 Å². The van der Waals surface area contributed by atoms with Crippen LogP contribution in [0.4, 0.5) is 18.0 Å². The highest BCUT2D eigenvalue weighted by Crippen LogP contribution is 2.19. The van der Waals surface area contributed by atoms with Gasteiger partial charge in [-0.25, -0.2) is 4.79 Å². The number of halogens is 3. The lowest BCUT2D eigenvalue weighted by atomic mass is 9.96.